The lowest BCUT2D eigenvalue weighted by atomic mass is 9.88. The van der Waals surface area contributed by atoms with Crippen LogP contribution in [0.2, 0.25) is 0 Å². The third-order valence-corrected chi connectivity index (χ3v) is 10.7. The molecule has 2 unspecified atom stereocenters. The van der Waals surface area contributed by atoms with Gasteiger partial charge in [-0.3, -0.25) is 13.8 Å². The molecule has 2 fully saturated rings. The summed E-state index contributed by atoms with van der Waals surface area (Å²) in [6.45, 7) is 0.0105. The molecule has 1 aliphatic heterocycles. The molecule has 43 heavy (non-hydrogen) atoms. The van der Waals surface area contributed by atoms with Crippen molar-refractivity contribution in [2.24, 2.45) is 5.92 Å². The number of nitrogens with zero attached hydrogens (tertiary/aromatic N) is 1. The first-order valence-electron chi connectivity index (χ1n) is 14.0. The van der Waals surface area contributed by atoms with Crippen LogP contribution in [0.15, 0.2) is 47.4 Å². The van der Waals surface area contributed by atoms with Crippen molar-refractivity contribution in [2.45, 2.75) is 85.5 Å². The van der Waals surface area contributed by atoms with Gasteiger partial charge < -0.3 is 10.0 Å². The summed E-state index contributed by atoms with van der Waals surface area (Å²) in [5.74, 6) is -0.229. The van der Waals surface area contributed by atoms with E-state index in [1.54, 1.807) is 11.0 Å². The van der Waals surface area contributed by atoms with Gasteiger partial charge in [0.15, 0.2) is 0 Å². The summed E-state index contributed by atoms with van der Waals surface area (Å²) in [7, 11) is -1.80. The number of amides is 1. The van der Waals surface area contributed by atoms with Crippen molar-refractivity contribution in [1.82, 2.24) is 4.90 Å². The van der Waals surface area contributed by atoms with Gasteiger partial charge in [0.25, 0.3) is 6.47 Å². The zero-order valence-electron chi connectivity index (χ0n) is 23.1. The number of likely N-dealkylation sites (tertiary alicyclic amines) is 1. The summed E-state index contributed by atoms with van der Waals surface area (Å²) < 4.78 is 108. The fraction of sp³-hybridized carbons (Fsp3) is 0.533. The van der Waals surface area contributed by atoms with Crippen molar-refractivity contribution in [3.63, 3.8) is 0 Å². The van der Waals surface area contributed by atoms with E-state index < -0.39 is 39.1 Å². The molecule has 2 aromatic rings. The minimum Gasteiger partial charge on any atom is -0.483 e. The number of alkyl halides is 7. The Bertz CT molecular complexity index is 1330. The Morgan fingerprint density at radius 1 is 0.884 bits per heavy atom. The normalized spacial score (nSPS) is 22.0. The Kier molecular flexibility index (Phi) is 9.63. The summed E-state index contributed by atoms with van der Waals surface area (Å²) in [4.78, 5) is 23.8. The molecule has 0 radical (unpaired) electrons. The molecule has 13 heteroatoms. The van der Waals surface area contributed by atoms with Gasteiger partial charge in [-0.15, -0.1) is 0 Å². The number of hydrogen-bond acceptors (Lipinski definition) is 3. The average Bonchev–Trinajstić information content (AvgIpc) is 3.64. The highest BCUT2D eigenvalue weighted by molar-refractivity contribution is 7.86. The highest BCUT2D eigenvalue weighted by Gasteiger charge is 2.73. The predicted octanol–water partition coefficient (Wildman–Crippen LogP) is 6.98. The van der Waals surface area contributed by atoms with Crippen LogP contribution >= 0.6 is 0 Å². The molecule has 1 N–H and O–H groups in total. The molecule has 2 atom stereocenters. The number of hydrogen-bond donors (Lipinski definition) is 1. The van der Waals surface area contributed by atoms with E-state index in [0.29, 0.717) is 17.0 Å². The minimum atomic E-state index is -6.23. The van der Waals surface area contributed by atoms with E-state index >= 15 is 0 Å². The summed E-state index contributed by atoms with van der Waals surface area (Å²) in [5, 5.41) is 6.89. The Morgan fingerprint density at radius 2 is 1.47 bits per heavy atom. The second-order valence-electron chi connectivity index (χ2n) is 11.2. The third kappa shape index (κ3) is 6.19. The summed E-state index contributed by atoms with van der Waals surface area (Å²) >= 11 is 0. The van der Waals surface area contributed by atoms with Crippen molar-refractivity contribution in [3.05, 3.63) is 64.7 Å². The summed E-state index contributed by atoms with van der Waals surface area (Å²) in [5.41, 5.74) is -4.73. The molecule has 2 aliphatic carbocycles. The minimum absolute atomic E-state index is 0.00465. The van der Waals surface area contributed by atoms with Gasteiger partial charge in [0, 0.05) is 29.5 Å². The second-order valence-corrected chi connectivity index (χ2v) is 13.0. The molecule has 0 spiro atoms. The van der Waals surface area contributed by atoms with E-state index in [4.69, 9.17) is 9.90 Å². The van der Waals surface area contributed by atoms with Gasteiger partial charge in [-0.2, -0.15) is 26.3 Å². The van der Waals surface area contributed by atoms with E-state index in [2.05, 4.69) is 0 Å². The first-order valence-corrected chi connectivity index (χ1v) is 15.2. The molecule has 5 nitrogen and oxygen atoms in total. The number of carbonyl (C=O) groups excluding carboxylic acids is 1. The number of carbonyl (C=O) groups is 2. The van der Waals surface area contributed by atoms with Gasteiger partial charge in [0.2, 0.25) is 5.91 Å². The van der Waals surface area contributed by atoms with Gasteiger partial charge >= 0.3 is 18.0 Å². The predicted molar refractivity (Wildman–Crippen MR) is 144 cm³/mol. The van der Waals surface area contributed by atoms with Crippen LogP contribution in [-0.2, 0) is 43.6 Å². The van der Waals surface area contributed by atoms with E-state index in [1.165, 1.54) is 0 Å². The largest absolute Gasteiger partial charge is 0.483 e. The summed E-state index contributed by atoms with van der Waals surface area (Å²) in [6.07, 6.45) is -5.15. The number of benzene rings is 2. The summed E-state index contributed by atoms with van der Waals surface area (Å²) in [6, 6.07) is 8.44. The van der Waals surface area contributed by atoms with E-state index in [1.807, 2.05) is 12.1 Å². The Balaban J connectivity index is 0.00000135. The average molecular weight is 636 g/mol. The molecule has 5 rings (SSSR count). The number of carboxylic acid groups (broad SMARTS) is 1. The number of halogens is 7. The van der Waals surface area contributed by atoms with Crippen LogP contribution in [0.5, 0.6) is 0 Å². The first kappa shape index (κ1) is 32.9. The van der Waals surface area contributed by atoms with Crippen molar-refractivity contribution in [2.75, 3.05) is 13.1 Å². The molecule has 1 amide bonds. The lowest BCUT2D eigenvalue weighted by molar-refractivity contribution is -0.348. The fourth-order valence-corrected chi connectivity index (χ4v) is 8.24. The Hall–Kier alpha value is -2.96. The number of fused-ring (bicyclic) bond motifs is 1. The van der Waals surface area contributed by atoms with Crippen LogP contribution in [0.3, 0.4) is 0 Å². The maximum absolute atomic E-state index is 14.7. The first-order chi connectivity index (χ1) is 20.2. The lowest BCUT2D eigenvalue weighted by Crippen LogP contribution is -2.50. The van der Waals surface area contributed by atoms with Gasteiger partial charge in [0.1, 0.15) is 0 Å². The van der Waals surface area contributed by atoms with Crippen LogP contribution in [0.4, 0.5) is 30.7 Å². The standard InChI is InChI=1S/C29H30F7NO2S.CH2O2/c30-27(28(31,32)33,29(34,35)36)23-12-10-22(11-13-23)26(40(39)24-14-9-19-7-4-8-21(19)17-24)15-16-37(18-26)25(38)20-5-2-1-3-6-20;2-1-3/h9-14,17,20H,1-8,15-16,18H2;1H,(H,2,3). The van der Waals surface area contributed by atoms with Crippen LogP contribution in [-0.4, -0.2) is 52.0 Å². The van der Waals surface area contributed by atoms with Crippen molar-refractivity contribution < 1.29 is 49.6 Å². The molecule has 3 aliphatic rings. The molecule has 0 aromatic heterocycles. The zero-order valence-corrected chi connectivity index (χ0v) is 24.0. The van der Waals surface area contributed by atoms with Crippen molar-refractivity contribution >= 4 is 23.2 Å². The zero-order chi connectivity index (χ0) is 31.6. The highest BCUT2D eigenvalue weighted by atomic mass is 32.2. The van der Waals surface area contributed by atoms with Gasteiger partial charge in [-0.25, -0.2) is 4.39 Å². The van der Waals surface area contributed by atoms with Gasteiger partial charge in [-0.1, -0.05) is 49.6 Å². The third-order valence-electron chi connectivity index (χ3n) is 8.73. The lowest BCUT2D eigenvalue weighted by Gasteiger charge is -2.33. The van der Waals surface area contributed by atoms with Gasteiger partial charge in [-0.05, 0) is 67.3 Å². The maximum Gasteiger partial charge on any atom is 0.435 e. The monoisotopic (exact) mass is 635 g/mol. The molecular weight excluding hydrogens is 603 g/mol. The number of rotatable bonds is 5. The smallest absolute Gasteiger partial charge is 0.435 e. The molecule has 1 saturated carbocycles. The Labute approximate surface area is 246 Å². The van der Waals surface area contributed by atoms with Crippen molar-refractivity contribution in [1.29, 1.82) is 0 Å². The molecule has 236 valence electrons. The number of aryl methyl sites for hydroxylation is 2. The van der Waals surface area contributed by atoms with E-state index in [-0.39, 0.29) is 43.4 Å². The van der Waals surface area contributed by atoms with Crippen molar-refractivity contribution in [3.8, 4) is 0 Å². The molecule has 2 aromatic carbocycles. The topological polar surface area (TPSA) is 74.7 Å². The fourth-order valence-electron chi connectivity index (χ4n) is 6.45. The van der Waals surface area contributed by atoms with Crippen LogP contribution < -0.4 is 0 Å². The Morgan fingerprint density at radius 3 is 2.05 bits per heavy atom. The van der Waals surface area contributed by atoms with Gasteiger partial charge in [0.05, 0.1) is 15.5 Å². The molecule has 0 bridgehead atoms. The maximum atomic E-state index is 14.7. The molecule has 1 heterocycles. The van der Waals surface area contributed by atoms with E-state index in [0.717, 1.165) is 74.6 Å². The van der Waals surface area contributed by atoms with Crippen LogP contribution in [0, 0.1) is 5.92 Å². The second kappa shape index (κ2) is 12.6. The van der Waals surface area contributed by atoms with Crippen LogP contribution in [0.1, 0.15) is 67.2 Å². The van der Waals surface area contributed by atoms with E-state index in [9.17, 15) is 39.7 Å². The highest BCUT2D eigenvalue weighted by Crippen LogP contribution is 2.53. The molecular formula is C30H32F7NO4S. The van der Waals surface area contributed by atoms with Crippen LogP contribution in [0.25, 0.3) is 0 Å². The quantitative estimate of drug-likeness (QED) is 0.284. The SMILES string of the molecule is O=C(C1CCCCC1)N1CCC(c2ccc(C(F)(C(F)(F)F)C(F)(F)F)cc2)(S(=O)c2ccc3c(c2)CCC3)C1.O=CO. The molecule has 1 saturated heterocycles.